The van der Waals surface area contributed by atoms with E-state index >= 15 is 4.39 Å². The number of fused-ring (bicyclic) bond motifs is 1. The summed E-state index contributed by atoms with van der Waals surface area (Å²) >= 11 is 5.94. The van der Waals surface area contributed by atoms with Crippen molar-refractivity contribution in [2.24, 2.45) is 0 Å². The molecule has 7 nitrogen and oxygen atoms in total. The Morgan fingerprint density at radius 2 is 1.68 bits per heavy atom. The van der Waals surface area contributed by atoms with Gasteiger partial charge < -0.3 is 14.2 Å². The van der Waals surface area contributed by atoms with Gasteiger partial charge in [-0.15, -0.1) is 0 Å². The van der Waals surface area contributed by atoms with Crippen LogP contribution in [0.1, 0.15) is 5.56 Å². The standard InChI is InChI=1S/C28H21ClFN3O4/c1-35-26-12-20-23(13-27(26)36-2)32-10-9-24(20)37-25-8-5-18(11-22(25)30)21-14-31-16-33(28(21)34)15-17-3-6-19(29)7-4-17/h3-14,16H,15H2,1-2H3. The molecule has 0 aliphatic heterocycles. The number of aromatic nitrogens is 3. The van der Waals surface area contributed by atoms with Gasteiger partial charge in [0, 0.05) is 28.9 Å². The minimum absolute atomic E-state index is 0.00332. The van der Waals surface area contributed by atoms with Crippen LogP contribution < -0.4 is 19.8 Å². The minimum Gasteiger partial charge on any atom is -0.493 e. The van der Waals surface area contributed by atoms with Crippen LogP contribution in [0.4, 0.5) is 4.39 Å². The molecule has 0 unspecified atom stereocenters. The number of pyridine rings is 1. The van der Waals surface area contributed by atoms with Crippen LogP contribution in [0.2, 0.25) is 5.02 Å². The van der Waals surface area contributed by atoms with Gasteiger partial charge in [0.2, 0.25) is 0 Å². The smallest absolute Gasteiger partial charge is 0.261 e. The van der Waals surface area contributed by atoms with Crippen LogP contribution in [-0.4, -0.2) is 28.8 Å². The third-order valence-electron chi connectivity index (χ3n) is 5.84. The van der Waals surface area contributed by atoms with Crippen molar-refractivity contribution in [3.05, 3.63) is 106 Å². The maximum Gasteiger partial charge on any atom is 0.261 e. The van der Waals surface area contributed by atoms with Gasteiger partial charge in [0.25, 0.3) is 5.56 Å². The molecule has 2 aromatic heterocycles. The molecule has 2 heterocycles. The molecule has 186 valence electrons. The zero-order chi connectivity index (χ0) is 25.9. The lowest BCUT2D eigenvalue weighted by molar-refractivity contribution is 0.355. The second-order valence-electron chi connectivity index (χ2n) is 8.15. The van der Waals surface area contributed by atoms with Gasteiger partial charge in [0.05, 0.1) is 38.2 Å². The lowest BCUT2D eigenvalue weighted by atomic mass is 10.1. The Morgan fingerprint density at radius 1 is 0.919 bits per heavy atom. The molecule has 0 radical (unpaired) electrons. The van der Waals surface area contributed by atoms with Gasteiger partial charge in [-0.05, 0) is 47.5 Å². The first kappa shape index (κ1) is 24.3. The Morgan fingerprint density at radius 3 is 2.41 bits per heavy atom. The molecule has 0 aliphatic rings. The van der Waals surface area contributed by atoms with E-state index in [1.54, 1.807) is 42.6 Å². The first-order valence-corrected chi connectivity index (χ1v) is 11.6. The number of hydrogen-bond donors (Lipinski definition) is 0. The van der Waals surface area contributed by atoms with Crippen LogP contribution in [0, 0.1) is 5.82 Å². The predicted molar refractivity (Wildman–Crippen MR) is 139 cm³/mol. The molecule has 0 saturated carbocycles. The third-order valence-corrected chi connectivity index (χ3v) is 6.09. The normalized spacial score (nSPS) is 10.9. The van der Waals surface area contributed by atoms with Crippen molar-refractivity contribution in [1.82, 2.24) is 14.5 Å². The summed E-state index contributed by atoms with van der Waals surface area (Å²) in [4.78, 5) is 21.6. The Labute approximate surface area is 216 Å². The van der Waals surface area contributed by atoms with Crippen LogP contribution >= 0.6 is 11.6 Å². The number of ether oxygens (including phenoxy) is 3. The summed E-state index contributed by atoms with van der Waals surface area (Å²) in [5.41, 5.74) is 1.86. The second-order valence-corrected chi connectivity index (χ2v) is 8.58. The van der Waals surface area contributed by atoms with Gasteiger partial charge in [-0.3, -0.25) is 14.3 Å². The lowest BCUT2D eigenvalue weighted by Crippen LogP contribution is -2.22. The molecule has 0 fully saturated rings. The SMILES string of the molecule is COc1cc2nccc(Oc3ccc(-c4cncn(Cc5ccc(Cl)cc5)c4=O)cc3F)c2cc1OC. The summed E-state index contributed by atoms with van der Waals surface area (Å²) in [5.74, 6) is 0.777. The van der Waals surface area contributed by atoms with Crippen LogP contribution in [0.3, 0.4) is 0 Å². The van der Waals surface area contributed by atoms with Crippen LogP contribution in [-0.2, 0) is 6.54 Å². The van der Waals surface area contributed by atoms with Crippen molar-refractivity contribution in [2.45, 2.75) is 6.54 Å². The summed E-state index contributed by atoms with van der Waals surface area (Å²) in [6, 6.07) is 16.6. The Bertz CT molecular complexity index is 1650. The van der Waals surface area contributed by atoms with Gasteiger partial charge in [0.15, 0.2) is 23.1 Å². The molecule has 0 spiro atoms. The fourth-order valence-electron chi connectivity index (χ4n) is 3.95. The molecule has 0 N–H and O–H groups in total. The van der Waals surface area contributed by atoms with Crippen molar-refractivity contribution in [2.75, 3.05) is 14.2 Å². The van der Waals surface area contributed by atoms with E-state index < -0.39 is 5.82 Å². The summed E-state index contributed by atoms with van der Waals surface area (Å²) in [6.45, 7) is 0.309. The van der Waals surface area contributed by atoms with Crippen LogP contribution in [0.15, 0.2) is 84.2 Å². The maximum atomic E-state index is 15.2. The van der Waals surface area contributed by atoms with E-state index in [1.165, 1.54) is 43.4 Å². The van der Waals surface area contributed by atoms with Gasteiger partial charge in [-0.1, -0.05) is 29.8 Å². The molecule has 5 rings (SSSR count). The summed E-state index contributed by atoms with van der Waals surface area (Å²) in [7, 11) is 3.07. The van der Waals surface area contributed by atoms with E-state index in [0.29, 0.717) is 45.3 Å². The largest absolute Gasteiger partial charge is 0.493 e. The first-order valence-electron chi connectivity index (χ1n) is 11.2. The maximum absolute atomic E-state index is 15.2. The molecular weight excluding hydrogens is 497 g/mol. The lowest BCUT2D eigenvalue weighted by Gasteiger charge is -2.13. The Kier molecular flexibility index (Phi) is 6.74. The number of benzene rings is 3. The molecule has 37 heavy (non-hydrogen) atoms. The van der Waals surface area contributed by atoms with E-state index in [2.05, 4.69) is 9.97 Å². The average Bonchev–Trinajstić information content (AvgIpc) is 2.91. The molecular formula is C28H21ClFN3O4. The Hall–Kier alpha value is -4.43. The quantitative estimate of drug-likeness (QED) is 0.259. The third kappa shape index (κ3) is 4.96. The summed E-state index contributed by atoms with van der Waals surface area (Å²) in [6.07, 6.45) is 4.44. The van der Waals surface area contributed by atoms with Crippen LogP contribution in [0.5, 0.6) is 23.0 Å². The highest BCUT2D eigenvalue weighted by Crippen LogP contribution is 2.37. The molecule has 0 aliphatic carbocycles. The number of methoxy groups -OCH3 is 2. The second kappa shape index (κ2) is 10.3. The van der Waals surface area contributed by atoms with E-state index in [1.807, 2.05) is 12.1 Å². The number of halogens is 2. The van der Waals surface area contributed by atoms with Crippen molar-refractivity contribution >= 4 is 22.5 Å². The van der Waals surface area contributed by atoms with Crippen LogP contribution in [0.25, 0.3) is 22.0 Å². The summed E-state index contributed by atoms with van der Waals surface area (Å²) in [5, 5.41) is 1.24. The zero-order valence-corrected chi connectivity index (χ0v) is 20.7. The van der Waals surface area contributed by atoms with E-state index in [-0.39, 0.29) is 16.9 Å². The zero-order valence-electron chi connectivity index (χ0n) is 19.9. The van der Waals surface area contributed by atoms with Crippen molar-refractivity contribution in [3.8, 4) is 34.1 Å². The fourth-order valence-corrected chi connectivity index (χ4v) is 4.08. The highest BCUT2D eigenvalue weighted by molar-refractivity contribution is 6.30. The molecule has 0 amide bonds. The Balaban J connectivity index is 1.45. The van der Waals surface area contributed by atoms with E-state index in [0.717, 1.165) is 5.56 Å². The molecule has 9 heteroatoms. The first-order chi connectivity index (χ1) is 18.0. The monoisotopic (exact) mass is 517 g/mol. The molecule has 0 atom stereocenters. The van der Waals surface area contributed by atoms with Crippen molar-refractivity contribution < 1.29 is 18.6 Å². The van der Waals surface area contributed by atoms with Gasteiger partial charge in [-0.2, -0.15) is 0 Å². The molecule has 0 saturated heterocycles. The minimum atomic E-state index is -0.629. The van der Waals surface area contributed by atoms with E-state index in [4.69, 9.17) is 25.8 Å². The molecule has 0 bridgehead atoms. The van der Waals surface area contributed by atoms with Crippen molar-refractivity contribution in [3.63, 3.8) is 0 Å². The average molecular weight is 518 g/mol. The van der Waals surface area contributed by atoms with E-state index in [9.17, 15) is 4.79 Å². The highest BCUT2D eigenvalue weighted by atomic mass is 35.5. The van der Waals surface area contributed by atoms with Gasteiger partial charge >= 0.3 is 0 Å². The van der Waals surface area contributed by atoms with Crippen molar-refractivity contribution in [1.29, 1.82) is 0 Å². The highest BCUT2D eigenvalue weighted by Gasteiger charge is 2.15. The van der Waals surface area contributed by atoms with Gasteiger partial charge in [-0.25, -0.2) is 9.37 Å². The summed E-state index contributed by atoms with van der Waals surface area (Å²) < 4.78 is 33.3. The van der Waals surface area contributed by atoms with Gasteiger partial charge in [0.1, 0.15) is 5.75 Å². The number of rotatable bonds is 7. The molecule has 5 aromatic rings. The molecule has 3 aromatic carbocycles. The predicted octanol–water partition coefficient (Wildman–Crippen LogP) is 6.11. The fraction of sp³-hybridized carbons (Fsp3) is 0.107. The number of nitrogens with zero attached hydrogens (tertiary/aromatic N) is 3. The number of hydrogen-bond acceptors (Lipinski definition) is 6. The topological polar surface area (TPSA) is 75.5 Å².